The summed E-state index contributed by atoms with van der Waals surface area (Å²) >= 11 is 0. The van der Waals surface area contributed by atoms with E-state index in [1.807, 2.05) is 97.1 Å². The fraction of sp³-hybridized carbons (Fsp3) is 0. The van der Waals surface area contributed by atoms with Gasteiger partial charge in [0, 0.05) is 38.0 Å². The van der Waals surface area contributed by atoms with Crippen molar-refractivity contribution in [3.63, 3.8) is 0 Å². The second-order valence-corrected chi connectivity index (χ2v) is 17.9. The summed E-state index contributed by atoms with van der Waals surface area (Å²) in [6.45, 7) is 0. The highest BCUT2D eigenvalue weighted by Gasteiger charge is 2.20. The molecule has 0 atom stereocenters. The summed E-state index contributed by atoms with van der Waals surface area (Å²) < 4.78 is 2.38. The maximum atomic E-state index is 14.9. The van der Waals surface area contributed by atoms with E-state index >= 15 is 0 Å². The molecule has 0 spiro atoms. The van der Waals surface area contributed by atoms with E-state index in [4.69, 9.17) is 0 Å². The molecule has 0 N–H and O–H groups in total. The maximum Gasteiger partial charge on any atom is 0.194 e. The van der Waals surface area contributed by atoms with Gasteiger partial charge in [-0.3, -0.25) is 9.59 Å². The van der Waals surface area contributed by atoms with Crippen molar-refractivity contribution in [1.29, 1.82) is 0 Å². The second kappa shape index (κ2) is 16.3. The smallest absolute Gasteiger partial charge is 0.194 e. The van der Waals surface area contributed by atoms with Crippen LogP contribution in [0, 0.1) is 0 Å². The van der Waals surface area contributed by atoms with Crippen LogP contribution in [0.5, 0.6) is 0 Å². The van der Waals surface area contributed by atoms with E-state index in [1.54, 1.807) is 0 Å². The molecular formula is C66H41NO2. The van der Waals surface area contributed by atoms with E-state index in [9.17, 15) is 9.59 Å². The van der Waals surface area contributed by atoms with Crippen LogP contribution in [-0.2, 0) is 0 Å². The number of rotatable bonds is 6. The quantitative estimate of drug-likeness (QED) is 0.167. The lowest BCUT2D eigenvalue weighted by atomic mass is 9.88. The number of fused-ring (bicyclic) bond motifs is 7. The summed E-state index contributed by atoms with van der Waals surface area (Å²) in [5.41, 5.74) is 13.3. The monoisotopic (exact) mass is 879 g/mol. The summed E-state index contributed by atoms with van der Waals surface area (Å²) in [6.07, 6.45) is 0. The van der Waals surface area contributed by atoms with E-state index in [0.717, 1.165) is 82.8 Å². The predicted octanol–water partition coefficient (Wildman–Crippen LogP) is 16.5. The highest BCUT2D eigenvalue weighted by atomic mass is 16.1. The number of hydrogen-bond acceptors (Lipinski definition) is 2. The van der Waals surface area contributed by atoms with Crippen LogP contribution in [0.2, 0.25) is 0 Å². The van der Waals surface area contributed by atoms with Gasteiger partial charge in [-0.2, -0.15) is 0 Å². The van der Waals surface area contributed by atoms with Gasteiger partial charge in [0.1, 0.15) is 0 Å². The van der Waals surface area contributed by atoms with Gasteiger partial charge in [-0.15, -0.1) is 0 Å². The van der Waals surface area contributed by atoms with Crippen LogP contribution in [0.25, 0.3) is 126 Å². The van der Waals surface area contributed by atoms with Gasteiger partial charge >= 0.3 is 0 Å². The average molecular weight is 880 g/mol. The van der Waals surface area contributed by atoms with Gasteiger partial charge in [-0.05, 0) is 120 Å². The zero-order valence-electron chi connectivity index (χ0n) is 37.4. The number of hydrogen-bond donors (Lipinski definition) is 0. The second-order valence-electron chi connectivity index (χ2n) is 17.9. The molecule has 0 aliphatic rings. The van der Waals surface area contributed by atoms with Gasteiger partial charge in [-0.25, -0.2) is 0 Å². The Hall–Kier alpha value is -9.18. The van der Waals surface area contributed by atoms with E-state index in [2.05, 4.69) is 156 Å². The first kappa shape index (κ1) is 40.1. The third kappa shape index (κ3) is 6.74. The van der Waals surface area contributed by atoms with Crippen molar-refractivity contribution in [1.82, 2.24) is 4.57 Å². The molecule has 0 amide bonds. The highest BCUT2D eigenvalue weighted by molar-refractivity contribution is 6.12. The lowest BCUT2D eigenvalue weighted by Crippen LogP contribution is -2.02. The summed E-state index contributed by atoms with van der Waals surface area (Å²) in [4.78, 5) is 29.5. The third-order valence-corrected chi connectivity index (χ3v) is 14.0. The molecule has 1 aromatic heterocycles. The zero-order valence-corrected chi connectivity index (χ0v) is 37.4. The van der Waals surface area contributed by atoms with Crippen molar-refractivity contribution >= 4 is 64.9 Å². The van der Waals surface area contributed by atoms with Crippen molar-refractivity contribution in [3.05, 3.63) is 269 Å². The standard InChI is InChI=1S/C66H41NO2/c68-65-55-24-9-7-18-44(55)28-30-46-20-12-26-54(63(46)65)51-32-35-53(58(41-51)57-27-13-21-47-31-29-45-19-8-10-25-56(45)66(69)64(47)57)50-22-11-23-52(38-50)67-61-36-33-48(42-14-3-1-4-15-42)39-59(61)60-40-49(34-37-62(60)67)43-16-5-2-6-17-43/h1-41H. The maximum absolute atomic E-state index is 14.9. The Balaban J connectivity index is 1.07. The Morgan fingerprint density at radius 2 is 0.696 bits per heavy atom. The third-order valence-electron chi connectivity index (χ3n) is 14.0. The zero-order chi connectivity index (χ0) is 46.0. The van der Waals surface area contributed by atoms with Gasteiger partial charge in [0.05, 0.1) is 11.0 Å². The van der Waals surface area contributed by atoms with Gasteiger partial charge in [0.25, 0.3) is 0 Å². The first-order valence-corrected chi connectivity index (χ1v) is 23.4. The van der Waals surface area contributed by atoms with Crippen molar-refractivity contribution in [3.8, 4) is 61.3 Å². The Kier molecular flexibility index (Phi) is 9.48. The first-order chi connectivity index (χ1) is 34.1. The van der Waals surface area contributed by atoms with Crippen molar-refractivity contribution in [2.24, 2.45) is 0 Å². The topological polar surface area (TPSA) is 39.1 Å². The number of aromatic nitrogens is 1. The average Bonchev–Trinajstić information content (AvgIpc) is 3.56. The normalized spacial score (nSPS) is 11.6. The molecule has 3 nitrogen and oxygen atoms in total. The van der Waals surface area contributed by atoms with Gasteiger partial charge < -0.3 is 4.57 Å². The molecule has 0 aliphatic carbocycles. The lowest BCUT2D eigenvalue weighted by molar-refractivity contribution is 1.18. The van der Waals surface area contributed by atoms with Crippen LogP contribution in [0.15, 0.2) is 258 Å². The van der Waals surface area contributed by atoms with E-state index < -0.39 is 0 Å². The van der Waals surface area contributed by atoms with Gasteiger partial charge in [-0.1, -0.05) is 206 Å². The summed E-state index contributed by atoms with van der Waals surface area (Å²) in [7, 11) is 0. The molecule has 0 bridgehead atoms. The molecule has 0 unspecified atom stereocenters. The molecule has 13 rings (SSSR count). The molecule has 13 aromatic rings. The SMILES string of the molecule is O=c1c2ccccc2ccc2cccc(-c3ccc(-c4cccc(-n5c6ccc(-c7ccccc7)cc6c6cc(-c7ccccc7)ccc65)c4)c(-c4cccc5ccc6ccccc6c(=O)c45)c3)c12. The minimum absolute atomic E-state index is 0.0111. The van der Waals surface area contributed by atoms with Crippen LogP contribution in [0.1, 0.15) is 0 Å². The van der Waals surface area contributed by atoms with Crippen LogP contribution < -0.4 is 10.9 Å². The van der Waals surface area contributed by atoms with E-state index in [0.29, 0.717) is 21.5 Å². The molecule has 12 aromatic carbocycles. The van der Waals surface area contributed by atoms with Crippen molar-refractivity contribution < 1.29 is 0 Å². The molecule has 0 saturated heterocycles. The molecular weight excluding hydrogens is 839 g/mol. The summed E-state index contributed by atoms with van der Waals surface area (Å²) in [6, 6.07) is 86.0. The molecule has 322 valence electrons. The Morgan fingerprint density at radius 3 is 1.29 bits per heavy atom. The van der Waals surface area contributed by atoms with Crippen LogP contribution in [0.4, 0.5) is 0 Å². The van der Waals surface area contributed by atoms with Crippen molar-refractivity contribution in [2.75, 3.05) is 0 Å². The Bertz CT molecular complexity index is 4250. The summed E-state index contributed by atoms with van der Waals surface area (Å²) in [5.74, 6) is 0. The fourth-order valence-electron chi connectivity index (χ4n) is 10.6. The predicted molar refractivity (Wildman–Crippen MR) is 291 cm³/mol. The molecule has 0 aliphatic heterocycles. The van der Waals surface area contributed by atoms with Crippen LogP contribution in [0.3, 0.4) is 0 Å². The van der Waals surface area contributed by atoms with Crippen LogP contribution >= 0.6 is 0 Å². The largest absolute Gasteiger partial charge is 0.309 e. The number of nitrogens with zero attached hydrogens (tertiary/aromatic N) is 1. The lowest BCUT2D eigenvalue weighted by Gasteiger charge is -2.16. The van der Waals surface area contributed by atoms with Gasteiger partial charge in [0.15, 0.2) is 10.9 Å². The molecule has 1 heterocycles. The minimum Gasteiger partial charge on any atom is -0.309 e. The Labute approximate surface area is 398 Å². The highest BCUT2D eigenvalue weighted by Crippen LogP contribution is 2.42. The van der Waals surface area contributed by atoms with Crippen molar-refractivity contribution in [2.45, 2.75) is 0 Å². The van der Waals surface area contributed by atoms with E-state index in [-0.39, 0.29) is 10.9 Å². The number of benzene rings is 10. The van der Waals surface area contributed by atoms with Crippen LogP contribution in [-0.4, -0.2) is 4.57 Å². The molecule has 3 heteroatoms. The van der Waals surface area contributed by atoms with Gasteiger partial charge in [0.2, 0.25) is 0 Å². The molecule has 69 heavy (non-hydrogen) atoms. The van der Waals surface area contributed by atoms with E-state index in [1.165, 1.54) is 21.9 Å². The first-order valence-electron chi connectivity index (χ1n) is 23.4. The molecule has 0 fully saturated rings. The molecule has 0 radical (unpaired) electrons. The molecule has 0 saturated carbocycles. The minimum atomic E-state index is -0.0215. The summed E-state index contributed by atoms with van der Waals surface area (Å²) in [5, 5.41) is 8.53. The fourth-order valence-corrected chi connectivity index (χ4v) is 10.6. The Morgan fingerprint density at radius 1 is 0.246 bits per heavy atom.